The second kappa shape index (κ2) is 10.3. The minimum atomic E-state index is -0.965. The summed E-state index contributed by atoms with van der Waals surface area (Å²) in [7, 11) is 0. The van der Waals surface area contributed by atoms with Crippen LogP contribution < -0.4 is 0 Å². The summed E-state index contributed by atoms with van der Waals surface area (Å²) in [5.74, 6) is -0.0649. The highest BCUT2D eigenvalue weighted by Crippen LogP contribution is 2.39. The van der Waals surface area contributed by atoms with E-state index in [2.05, 4.69) is 60.0 Å². The van der Waals surface area contributed by atoms with Crippen molar-refractivity contribution < 1.29 is 9.90 Å². The number of nitrogens with zero attached hydrogens (tertiary/aromatic N) is 2. The van der Waals surface area contributed by atoms with E-state index in [1.165, 1.54) is 0 Å². The number of aliphatic carboxylic acids is 1. The minimum Gasteiger partial charge on any atom is -0.478 e. The van der Waals surface area contributed by atoms with Crippen molar-refractivity contribution in [3.05, 3.63) is 121 Å². The van der Waals surface area contributed by atoms with Crippen LogP contribution in [0, 0.1) is 0 Å². The molecule has 1 heterocycles. The maximum absolute atomic E-state index is 11.0. The van der Waals surface area contributed by atoms with E-state index in [0.717, 1.165) is 63.2 Å². The zero-order chi connectivity index (χ0) is 24.9. The van der Waals surface area contributed by atoms with E-state index < -0.39 is 5.97 Å². The number of hydrogen-bond acceptors (Lipinski definition) is 2. The highest BCUT2D eigenvalue weighted by Gasteiger charge is 2.22. The lowest BCUT2D eigenvalue weighted by Crippen LogP contribution is -2.01. The summed E-state index contributed by atoms with van der Waals surface area (Å²) in [6.07, 6.45) is 2.77. The van der Waals surface area contributed by atoms with Crippen LogP contribution in [-0.2, 0) is 11.3 Å². The lowest BCUT2D eigenvalue weighted by atomic mass is 9.97. The molecule has 0 fully saturated rings. The molecule has 4 aromatic carbocycles. The van der Waals surface area contributed by atoms with Crippen LogP contribution in [0.15, 0.2) is 115 Å². The van der Waals surface area contributed by atoms with Gasteiger partial charge in [-0.1, -0.05) is 103 Å². The van der Waals surface area contributed by atoms with E-state index >= 15 is 0 Å². The van der Waals surface area contributed by atoms with Crippen molar-refractivity contribution in [1.82, 2.24) is 9.55 Å². The van der Waals surface area contributed by atoms with Gasteiger partial charge in [-0.25, -0.2) is 9.78 Å². The molecule has 5 aromatic rings. The van der Waals surface area contributed by atoms with E-state index in [9.17, 15) is 4.79 Å². The van der Waals surface area contributed by atoms with Crippen LogP contribution >= 0.6 is 0 Å². The van der Waals surface area contributed by atoms with Gasteiger partial charge < -0.3 is 9.67 Å². The van der Waals surface area contributed by atoms with Crippen molar-refractivity contribution in [3.63, 3.8) is 0 Å². The van der Waals surface area contributed by atoms with Crippen molar-refractivity contribution in [2.24, 2.45) is 0 Å². The Hall–Kier alpha value is -4.70. The zero-order valence-corrected chi connectivity index (χ0v) is 20.0. The molecular formula is C32H26N2O2. The summed E-state index contributed by atoms with van der Waals surface area (Å²) in [6.45, 7) is 2.90. The summed E-state index contributed by atoms with van der Waals surface area (Å²) in [5, 5.41) is 9.03. The highest BCUT2D eigenvalue weighted by atomic mass is 16.4. The smallest absolute Gasteiger partial charge is 0.328 e. The van der Waals surface area contributed by atoms with Crippen molar-refractivity contribution in [2.45, 2.75) is 13.5 Å². The molecule has 1 N–H and O–H groups in total. The molecule has 0 saturated heterocycles. The average molecular weight is 471 g/mol. The van der Waals surface area contributed by atoms with Gasteiger partial charge >= 0.3 is 5.97 Å². The first kappa shape index (κ1) is 23.1. The van der Waals surface area contributed by atoms with Gasteiger partial charge in [0.1, 0.15) is 5.82 Å². The van der Waals surface area contributed by atoms with E-state index in [0.29, 0.717) is 0 Å². The molecule has 176 valence electrons. The molecule has 5 rings (SSSR count). The Morgan fingerprint density at radius 3 is 2.06 bits per heavy atom. The molecule has 1 aromatic heterocycles. The average Bonchev–Trinajstić information content (AvgIpc) is 3.32. The van der Waals surface area contributed by atoms with Crippen molar-refractivity contribution in [1.29, 1.82) is 0 Å². The fourth-order valence-electron chi connectivity index (χ4n) is 4.56. The fraction of sp³-hybridized carbons (Fsp3) is 0.0625. The normalized spacial score (nSPS) is 11.1. The molecule has 0 atom stereocenters. The molecule has 0 unspecified atom stereocenters. The molecule has 36 heavy (non-hydrogen) atoms. The van der Waals surface area contributed by atoms with Gasteiger partial charge in [-0.05, 0) is 35.8 Å². The molecule has 0 aliphatic rings. The SMILES string of the molecule is CCn1c(-c2ccccc2-c2cccc(/C=C/C(=O)O)c2)nc(-c2ccccc2)c1-c1ccccc1. The first-order valence-electron chi connectivity index (χ1n) is 12.0. The van der Waals surface area contributed by atoms with Gasteiger partial charge in [0.05, 0.1) is 11.4 Å². The quantitative estimate of drug-likeness (QED) is 0.248. The molecule has 0 radical (unpaired) electrons. The number of hydrogen-bond donors (Lipinski definition) is 1. The number of imidazole rings is 1. The Balaban J connectivity index is 1.73. The Labute approximate surface area is 210 Å². The Morgan fingerprint density at radius 2 is 1.39 bits per heavy atom. The summed E-state index contributed by atoms with van der Waals surface area (Å²) in [5.41, 5.74) is 8.14. The molecule has 0 aliphatic heterocycles. The van der Waals surface area contributed by atoms with Crippen LogP contribution in [-0.4, -0.2) is 20.6 Å². The third kappa shape index (κ3) is 4.62. The van der Waals surface area contributed by atoms with E-state index in [-0.39, 0.29) is 0 Å². The summed E-state index contributed by atoms with van der Waals surface area (Å²) >= 11 is 0. The third-order valence-corrected chi connectivity index (χ3v) is 6.16. The Morgan fingerprint density at radius 1 is 0.778 bits per heavy atom. The predicted molar refractivity (Wildman–Crippen MR) is 146 cm³/mol. The molecule has 4 heteroatoms. The number of carbonyl (C=O) groups is 1. The largest absolute Gasteiger partial charge is 0.478 e. The zero-order valence-electron chi connectivity index (χ0n) is 20.0. The number of carboxylic acids is 1. The topological polar surface area (TPSA) is 55.1 Å². The summed E-state index contributed by atoms with van der Waals surface area (Å²) in [6, 6.07) is 36.9. The van der Waals surface area contributed by atoms with Crippen LogP contribution in [0.5, 0.6) is 0 Å². The van der Waals surface area contributed by atoms with Crippen LogP contribution in [0.25, 0.3) is 51.1 Å². The molecule has 0 spiro atoms. The Bertz CT molecular complexity index is 1530. The van der Waals surface area contributed by atoms with Gasteiger partial charge in [-0.2, -0.15) is 0 Å². The Kier molecular flexibility index (Phi) is 6.59. The van der Waals surface area contributed by atoms with Gasteiger partial charge in [0, 0.05) is 29.3 Å². The standard InChI is InChI=1S/C32H26N2O2/c1-2-34-31(25-15-7-4-8-16-25)30(24-13-5-3-6-14-24)33-32(34)28-19-10-9-18-27(28)26-17-11-12-23(22-26)20-21-29(35)36/h3-22H,2H2,1H3,(H,35,36)/b21-20+. The van der Waals surface area contributed by atoms with Crippen molar-refractivity contribution in [3.8, 4) is 45.0 Å². The molecule has 0 amide bonds. The first-order valence-corrected chi connectivity index (χ1v) is 12.0. The van der Waals surface area contributed by atoms with Crippen LogP contribution in [0.2, 0.25) is 0 Å². The lowest BCUT2D eigenvalue weighted by molar-refractivity contribution is -0.131. The van der Waals surface area contributed by atoms with Crippen molar-refractivity contribution >= 4 is 12.0 Å². The predicted octanol–water partition coefficient (Wildman–Crippen LogP) is 7.67. The second-order valence-corrected chi connectivity index (χ2v) is 8.45. The van der Waals surface area contributed by atoms with Gasteiger partial charge in [-0.3, -0.25) is 0 Å². The number of rotatable bonds is 7. The number of benzene rings is 4. The summed E-state index contributed by atoms with van der Waals surface area (Å²) < 4.78 is 2.28. The minimum absolute atomic E-state index is 0.759. The van der Waals surface area contributed by atoms with E-state index in [4.69, 9.17) is 10.1 Å². The van der Waals surface area contributed by atoms with E-state index in [1.807, 2.05) is 60.7 Å². The molecule has 0 saturated carbocycles. The van der Waals surface area contributed by atoms with Gasteiger partial charge in [0.15, 0.2) is 0 Å². The van der Waals surface area contributed by atoms with Gasteiger partial charge in [0.25, 0.3) is 0 Å². The maximum atomic E-state index is 11.0. The molecule has 4 nitrogen and oxygen atoms in total. The highest BCUT2D eigenvalue weighted by molar-refractivity contribution is 5.88. The van der Waals surface area contributed by atoms with Crippen molar-refractivity contribution in [2.75, 3.05) is 0 Å². The third-order valence-electron chi connectivity index (χ3n) is 6.16. The monoisotopic (exact) mass is 470 g/mol. The summed E-state index contributed by atoms with van der Waals surface area (Å²) in [4.78, 5) is 16.2. The van der Waals surface area contributed by atoms with Crippen LogP contribution in [0.1, 0.15) is 12.5 Å². The molecular weight excluding hydrogens is 444 g/mol. The van der Waals surface area contributed by atoms with Gasteiger partial charge in [0.2, 0.25) is 0 Å². The van der Waals surface area contributed by atoms with Crippen LogP contribution in [0.3, 0.4) is 0 Å². The lowest BCUT2D eigenvalue weighted by Gasteiger charge is -2.14. The fourth-order valence-corrected chi connectivity index (χ4v) is 4.56. The second-order valence-electron chi connectivity index (χ2n) is 8.45. The van der Waals surface area contributed by atoms with Gasteiger partial charge in [-0.15, -0.1) is 0 Å². The number of aromatic nitrogens is 2. The van der Waals surface area contributed by atoms with Crippen LogP contribution in [0.4, 0.5) is 0 Å². The maximum Gasteiger partial charge on any atom is 0.328 e. The first-order chi connectivity index (χ1) is 17.7. The number of carboxylic acid groups (broad SMARTS) is 1. The van der Waals surface area contributed by atoms with E-state index in [1.54, 1.807) is 6.08 Å². The molecule has 0 bridgehead atoms. The molecule has 0 aliphatic carbocycles.